The van der Waals surface area contributed by atoms with E-state index in [0.717, 1.165) is 23.1 Å². The molecule has 0 bridgehead atoms. The van der Waals surface area contributed by atoms with Gasteiger partial charge in [-0.15, -0.1) is 11.3 Å². The molecule has 0 aliphatic rings. The third kappa shape index (κ3) is 2.17. The van der Waals surface area contributed by atoms with Gasteiger partial charge in [-0.1, -0.05) is 0 Å². The van der Waals surface area contributed by atoms with E-state index in [1.807, 2.05) is 17.5 Å². The van der Waals surface area contributed by atoms with Crippen LogP contribution in [0.5, 0.6) is 0 Å². The smallest absolute Gasteiger partial charge is 0.0670 e. The number of aromatic nitrogens is 2. The van der Waals surface area contributed by atoms with Gasteiger partial charge in [-0.25, -0.2) is 0 Å². The normalized spacial score (nSPS) is 10.9. The number of hydrogen-bond donors (Lipinski definition) is 2. The lowest BCUT2D eigenvalue weighted by molar-refractivity contribution is 1.12. The van der Waals surface area contributed by atoms with Crippen molar-refractivity contribution in [1.29, 1.82) is 0 Å². The molecule has 0 amide bonds. The first-order valence-electron chi connectivity index (χ1n) is 5.53. The maximum Gasteiger partial charge on any atom is 0.0670 e. The predicted molar refractivity (Wildman–Crippen MR) is 72.5 cm³/mol. The number of fused-ring (bicyclic) bond motifs is 1. The maximum absolute atomic E-state index is 4.01. The summed E-state index contributed by atoms with van der Waals surface area (Å²) in [5, 5.41) is 11.5. The number of hydrogen-bond acceptors (Lipinski definition) is 3. The summed E-state index contributed by atoms with van der Waals surface area (Å²) in [6, 6.07) is 10.6. The lowest BCUT2D eigenvalue weighted by Gasteiger charge is -2.04. The topological polar surface area (TPSA) is 40.7 Å². The molecular weight excluding hydrogens is 230 g/mol. The third-order valence-electron chi connectivity index (χ3n) is 2.70. The van der Waals surface area contributed by atoms with Crippen LogP contribution in [0.4, 0.5) is 5.69 Å². The summed E-state index contributed by atoms with van der Waals surface area (Å²) in [5.41, 5.74) is 2.19. The number of nitrogens with zero attached hydrogens (tertiary/aromatic N) is 1. The Hall–Kier alpha value is -1.81. The molecule has 0 fully saturated rings. The van der Waals surface area contributed by atoms with Gasteiger partial charge in [0, 0.05) is 27.4 Å². The molecule has 0 aliphatic carbocycles. The van der Waals surface area contributed by atoms with E-state index in [2.05, 4.69) is 52.8 Å². The van der Waals surface area contributed by atoms with Gasteiger partial charge < -0.3 is 5.32 Å². The van der Waals surface area contributed by atoms with Crippen LogP contribution >= 0.6 is 11.3 Å². The van der Waals surface area contributed by atoms with Crippen LogP contribution in [0.15, 0.2) is 36.5 Å². The Labute approximate surface area is 103 Å². The van der Waals surface area contributed by atoms with E-state index >= 15 is 0 Å². The second kappa shape index (κ2) is 4.22. The molecule has 0 radical (unpaired) electrons. The number of benzene rings is 1. The molecule has 0 atom stereocenters. The van der Waals surface area contributed by atoms with Crippen LogP contribution in [0.2, 0.25) is 0 Å². The lowest BCUT2D eigenvalue weighted by atomic mass is 10.2. The largest absolute Gasteiger partial charge is 0.380 e. The van der Waals surface area contributed by atoms with Gasteiger partial charge in [0.1, 0.15) is 0 Å². The molecule has 17 heavy (non-hydrogen) atoms. The van der Waals surface area contributed by atoms with Crippen molar-refractivity contribution in [3.63, 3.8) is 0 Å². The highest BCUT2D eigenvalue weighted by atomic mass is 32.1. The summed E-state index contributed by atoms with van der Waals surface area (Å²) in [5.74, 6) is 0. The molecule has 0 saturated heterocycles. The zero-order chi connectivity index (χ0) is 11.7. The van der Waals surface area contributed by atoms with Crippen molar-refractivity contribution in [2.75, 3.05) is 5.32 Å². The molecule has 0 aliphatic heterocycles. The lowest BCUT2D eigenvalue weighted by Crippen LogP contribution is -1.96. The van der Waals surface area contributed by atoms with Gasteiger partial charge in [0.15, 0.2) is 0 Å². The fourth-order valence-corrected chi connectivity index (χ4v) is 2.65. The van der Waals surface area contributed by atoms with Gasteiger partial charge >= 0.3 is 0 Å². The minimum Gasteiger partial charge on any atom is -0.380 e. The number of nitrogens with one attached hydrogen (secondary N) is 2. The highest BCUT2D eigenvalue weighted by molar-refractivity contribution is 7.11. The van der Waals surface area contributed by atoms with Crippen molar-refractivity contribution in [3.05, 3.63) is 46.3 Å². The van der Waals surface area contributed by atoms with Crippen molar-refractivity contribution in [2.45, 2.75) is 13.5 Å². The highest BCUT2D eigenvalue weighted by Crippen LogP contribution is 2.19. The summed E-state index contributed by atoms with van der Waals surface area (Å²) in [6.07, 6.45) is 1.84. The van der Waals surface area contributed by atoms with E-state index in [1.165, 1.54) is 9.75 Å². The molecule has 0 unspecified atom stereocenters. The van der Waals surface area contributed by atoms with Crippen LogP contribution in [0.1, 0.15) is 9.75 Å². The van der Waals surface area contributed by atoms with Crippen LogP contribution < -0.4 is 5.32 Å². The molecule has 3 nitrogen and oxygen atoms in total. The van der Waals surface area contributed by atoms with Crippen molar-refractivity contribution < 1.29 is 0 Å². The Kier molecular flexibility index (Phi) is 2.57. The maximum atomic E-state index is 4.01. The minimum absolute atomic E-state index is 0.873. The zero-order valence-corrected chi connectivity index (χ0v) is 10.3. The van der Waals surface area contributed by atoms with Gasteiger partial charge in [-0.3, -0.25) is 5.10 Å². The van der Waals surface area contributed by atoms with Crippen molar-refractivity contribution in [3.8, 4) is 0 Å². The Morgan fingerprint density at radius 3 is 3.06 bits per heavy atom. The first kappa shape index (κ1) is 10.4. The molecule has 86 valence electrons. The quantitative estimate of drug-likeness (QED) is 0.738. The van der Waals surface area contributed by atoms with Crippen LogP contribution in [0.25, 0.3) is 10.9 Å². The van der Waals surface area contributed by atoms with Gasteiger partial charge in [-0.2, -0.15) is 5.10 Å². The summed E-state index contributed by atoms with van der Waals surface area (Å²) >= 11 is 1.83. The SMILES string of the molecule is Cc1ccc(CNc2ccc3cn[nH]c3c2)s1. The van der Waals surface area contributed by atoms with E-state index in [9.17, 15) is 0 Å². The van der Waals surface area contributed by atoms with Crippen LogP contribution in [-0.2, 0) is 6.54 Å². The molecule has 0 spiro atoms. The van der Waals surface area contributed by atoms with Crippen molar-refractivity contribution >= 4 is 27.9 Å². The van der Waals surface area contributed by atoms with Gasteiger partial charge in [0.05, 0.1) is 11.7 Å². The van der Waals surface area contributed by atoms with Gasteiger partial charge in [0.25, 0.3) is 0 Å². The molecule has 2 N–H and O–H groups in total. The molecule has 2 heterocycles. The standard InChI is InChI=1S/C13H13N3S/c1-9-2-5-12(17-9)8-14-11-4-3-10-7-15-16-13(10)6-11/h2-7,14H,8H2,1H3,(H,15,16). The Bertz CT molecular complexity index is 639. The van der Waals surface area contributed by atoms with Gasteiger partial charge in [0.2, 0.25) is 0 Å². The number of rotatable bonds is 3. The summed E-state index contributed by atoms with van der Waals surface area (Å²) in [6.45, 7) is 3.00. The Morgan fingerprint density at radius 1 is 1.29 bits per heavy atom. The van der Waals surface area contributed by atoms with E-state index in [-0.39, 0.29) is 0 Å². The average molecular weight is 243 g/mol. The predicted octanol–water partition coefficient (Wildman–Crippen LogP) is 3.54. The van der Waals surface area contributed by atoms with E-state index in [0.29, 0.717) is 0 Å². The molecule has 4 heteroatoms. The minimum atomic E-state index is 0.873. The molecule has 3 rings (SSSR count). The average Bonchev–Trinajstić information content (AvgIpc) is 2.94. The second-order valence-corrected chi connectivity index (χ2v) is 5.41. The molecular formula is C13H13N3S. The molecule has 1 aromatic carbocycles. The first-order valence-corrected chi connectivity index (χ1v) is 6.35. The van der Waals surface area contributed by atoms with E-state index in [1.54, 1.807) is 0 Å². The summed E-state index contributed by atoms with van der Waals surface area (Å²) in [4.78, 5) is 2.71. The highest BCUT2D eigenvalue weighted by Gasteiger charge is 1.99. The summed E-state index contributed by atoms with van der Waals surface area (Å²) < 4.78 is 0. The number of H-pyrrole nitrogens is 1. The van der Waals surface area contributed by atoms with E-state index in [4.69, 9.17) is 0 Å². The van der Waals surface area contributed by atoms with Crippen LogP contribution in [0, 0.1) is 6.92 Å². The monoisotopic (exact) mass is 243 g/mol. The zero-order valence-electron chi connectivity index (χ0n) is 9.53. The first-order chi connectivity index (χ1) is 8.31. The van der Waals surface area contributed by atoms with Gasteiger partial charge in [-0.05, 0) is 37.3 Å². The summed E-state index contributed by atoms with van der Waals surface area (Å²) in [7, 11) is 0. The Morgan fingerprint density at radius 2 is 2.24 bits per heavy atom. The number of thiophene rings is 1. The number of aryl methyl sites for hydroxylation is 1. The molecule has 2 aromatic heterocycles. The van der Waals surface area contributed by atoms with Crippen molar-refractivity contribution in [2.24, 2.45) is 0 Å². The number of aromatic amines is 1. The third-order valence-corrected chi connectivity index (χ3v) is 3.71. The van der Waals surface area contributed by atoms with Crippen LogP contribution in [-0.4, -0.2) is 10.2 Å². The molecule has 0 saturated carbocycles. The number of anilines is 1. The second-order valence-electron chi connectivity index (χ2n) is 4.04. The van der Waals surface area contributed by atoms with E-state index < -0.39 is 0 Å². The van der Waals surface area contributed by atoms with Crippen LogP contribution in [0.3, 0.4) is 0 Å². The Balaban J connectivity index is 1.76. The fourth-order valence-electron chi connectivity index (χ4n) is 1.82. The molecule has 3 aromatic rings. The van der Waals surface area contributed by atoms with Crippen molar-refractivity contribution in [1.82, 2.24) is 10.2 Å². The fraction of sp³-hybridized carbons (Fsp3) is 0.154.